The summed E-state index contributed by atoms with van der Waals surface area (Å²) in [6, 6.07) is 17.6. The SMILES string of the molecule is COc1ccccc1C(=O)NC1(c2ccccc2)CCCC1. The maximum Gasteiger partial charge on any atom is 0.255 e. The molecule has 0 saturated heterocycles. The van der Waals surface area contributed by atoms with Gasteiger partial charge in [-0.05, 0) is 30.5 Å². The second-order valence-electron chi connectivity index (χ2n) is 5.81. The standard InChI is InChI=1S/C19H21NO2/c1-22-17-12-6-5-11-16(17)18(21)20-19(13-7-8-14-19)15-9-3-2-4-10-15/h2-6,9-12H,7-8,13-14H2,1H3,(H,20,21). The van der Waals surface area contributed by atoms with Crippen molar-refractivity contribution in [1.29, 1.82) is 0 Å². The van der Waals surface area contributed by atoms with Crippen LogP contribution in [0, 0.1) is 0 Å². The Balaban J connectivity index is 1.90. The minimum absolute atomic E-state index is 0.0665. The summed E-state index contributed by atoms with van der Waals surface area (Å²) in [5, 5.41) is 3.28. The summed E-state index contributed by atoms with van der Waals surface area (Å²) >= 11 is 0. The van der Waals surface area contributed by atoms with E-state index in [9.17, 15) is 4.79 Å². The van der Waals surface area contributed by atoms with Gasteiger partial charge in [-0.25, -0.2) is 0 Å². The van der Waals surface area contributed by atoms with E-state index in [4.69, 9.17) is 4.74 Å². The van der Waals surface area contributed by atoms with Gasteiger partial charge in [-0.1, -0.05) is 55.3 Å². The van der Waals surface area contributed by atoms with Gasteiger partial charge in [0.15, 0.2) is 0 Å². The smallest absolute Gasteiger partial charge is 0.255 e. The minimum Gasteiger partial charge on any atom is -0.496 e. The third-order valence-corrected chi connectivity index (χ3v) is 4.49. The highest BCUT2D eigenvalue weighted by Crippen LogP contribution is 2.39. The molecular formula is C19H21NO2. The lowest BCUT2D eigenvalue weighted by Gasteiger charge is -2.31. The molecule has 22 heavy (non-hydrogen) atoms. The number of hydrogen-bond acceptors (Lipinski definition) is 2. The van der Waals surface area contributed by atoms with Crippen molar-refractivity contribution in [2.75, 3.05) is 7.11 Å². The van der Waals surface area contributed by atoms with Gasteiger partial charge in [0.05, 0.1) is 18.2 Å². The number of nitrogens with one attached hydrogen (secondary N) is 1. The molecule has 3 rings (SSSR count). The van der Waals surface area contributed by atoms with Crippen LogP contribution in [0.2, 0.25) is 0 Å². The van der Waals surface area contributed by atoms with Crippen molar-refractivity contribution in [3.8, 4) is 5.75 Å². The van der Waals surface area contributed by atoms with Crippen LogP contribution in [-0.4, -0.2) is 13.0 Å². The van der Waals surface area contributed by atoms with E-state index in [0.717, 1.165) is 25.7 Å². The molecule has 0 atom stereocenters. The van der Waals surface area contributed by atoms with Crippen LogP contribution in [0.1, 0.15) is 41.6 Å². The molecule has 3 heteroatoms. The zero-order chi connectivity index (χ0) is 15.4. The van der Waals surface area contributed by atoms with Gasteiger partial charge < -0.3 is 10.1 Å². The summed E-state index contributed by atoms with van der Waals surface area (Å²) in [5.41, 5.74) is 1.53. The van der Waals surface area contributed by atoms with E-state index in [1.165, 1.54) is 5.56 Å². The summed E-state index contributed by atoms with van der Waals surface area (Å²) in [5.74, 6) is 0.546. The second kappa shape index (κ2) is 6.22. The predicted molar refractivity (Wildman–Crippen MR) is 87.0 cm³/mol. The highest BCUT2D eigenvalue weighted by Gasteiger charge is 2.37. The average Bonchev–Trinajstić information content (AvgIpc) is 3.05. The lowest BCUT2D eigenvalue weighted by molar-refractivity contribution is 0.0895. The zero-order valence-electron chi connectivity index (χ0n) is 12.8. The van der Waals surface area contributed by atoms with Crippen molar-refractivity contribution in [2.24, 2.45) is 0 Å². The summed E-state index contributed by atoms with van der Waals surface area (Å²) in [7, 11) is 1.59. The van der Waals surface area contributed by atoms with Gasteiger partial charge in [-0.15, -0.1) is 0 Å². The van der Waals surface area contributed by atoms with Gasteiger partial charge in [0, 0.05) is 0 Å². The summed E-state index contributed by atoms with van der Waals surface area (Å²) < 4.78 is 5.31. The Morgan fingerprint density at radius 1 is 1.00 bits per heavy atom. The predicted octanol–water partition coefficient (Wildman–Crippen LogP) is 3.89. The Kier molecular flexibility index (Phi) is 4.14. The Hall–Kier alpha value is -2.29. The Labute approximate surface area is 131 Å². The fourth-order valence-electron chi connectivity index (χ4n) is 3.34. The molecule has 1 N–H and O–H groups in total. The molecule has 3 nitrogen and oxygen atoms in total. The van der Waals surface area contributed by atoms with E-state index in [2.05, 4.69) is 17.4 Å². The normalized spacial score (nSPS) is 16.2. The first-order valence-corrected chi connectivity index (χ1v) is 7.76. The average molecular weight is 295 g/mol. The molecule has 1 amide bonds. The summed E-state index contributed by atoms with van der Waals surface area (Å²) in [6.07, 6.45) is 4.25. The molecule has 0 spiro atoms. The summed E-state index contributed by atoms with van der Waals surface area (Å²) in [4.78, 5) is 12.8. The van der Waals surface area contributed by atoms with Crippen molar-refractivity contribution in [3.05, 3.63) is 65.7 Å². The van der Waals surface area contributed by atoms with Crippen LogP contribution < -0.4 is 10.1 Å². The molecule has 0 aromatic heterocycles. The molecule has 2 aromatic rings. The minimum atomic E-state index is -0.251. The van der Waals surface area contributed by atoms with E-state index in [1.807, 2.05) is 42.5 Å². The van der Waals surface area contributed by atoms with Crippen molar-refractivity contribution >= 4 is 5.91 Å². The molecule has 2 aromatic carbocycles. The zero-order valence-corrected chi connectivity index (χ0v) is 12.8. The van der Waals surface area contributed by atoms with Crippen LogP contribution in [0.4, 0.5) is 0 Å². The topological polar surface area (TPSA) is 38.3 Å². The van der Waals surface area contributed by atoms with Crippen LogP contribution in [0.3, 0.4) is 0 Å². The lowest BCUT2D eigenvalue weighted by Crippen LogP contribution is -2.43. The number of benzene rings is 2. The van der Waals surface area contributed by atoms with Gasteiger partial charge in [0.25, 0.3) is 5.91 Å². The van der Waals surface area contributed by atoms with Crippen LogP contribution in [0.15, 0.2) is 54.6 Å². The van der Waals surface area contributed by atoms with Gasteiger partial charge in [0.1, 0.15) is 5.75 Å². The monoisotopic (exact) mass is 295 g/mol. The maximum absolute atomic E-state index is 12.8. The van der Waals surface area contributed by atoms with Crippen molar-refractivity contribution in [3.63, 3.8) is 0 Å². The molecule has 1 fully saturated rings. The van der Waals surface area contributed by atoms with Gasteiger partial charge in [-0.3, -0.25) is 4.79 Å². The van der Waals surface area contributed by atoms with Crippen molar-refractivity contribution in [2.45, 2.75) is 31.2 Å². The van der Waals surface area contributed by atoms with E-state index in [0.29, 0.717) is 11.3 Å². The third kappa shape index (κ3) is 2.71. The number of amides is 1. The highest BCUT2D eigenvalue weighted by molar-refractivity contribution is 5.97. The van der Waals surface area contributed by atoms with E-state index in [1.54, 1.807) is 7.11 Å². The second-order valence-corrected chi connectivity index (χ2v) is 5.81. The molecule has 1 aliphatic rings. The quantitative estimate of drug-likeness (QED) is 0.929. The fraction of sp³-hybridized carbons (Fsp3) is 0.316. The molecule has 1 saturated carbocycles. The largest absolute Gasteiger partial charge is 0.496 e. The first-order valence-electron chi connectivity index (χ1n) is 7.76. The number of carbonyl (C=O) groups excluding carboxylic acids is 1. The summed E-state index contributed by atoms with van der Waals surface area (Å²) in [6.45, 7) is 0. The molecule has 114 valence electrons. The van der Waals surface area contributed by atoms with E-state index < -0.39 is 0 Å². The van der Waals surface area contributed by atoms with Gasteiger partial charge in [-0.2, -0.15) is 0 Å². The van der Waals surface area contributed by atoms with Crippen LogP contribution >= 0.6 is 0 Å². The molecule has 0 radical (unpaired) electrons. The Morgan fingerprint density at radius 3 is 2.32 bits per heavy atom. The molecule has 0 aliphatic heterocycles. The fourth-order valence-corrected chi connectivity index (χ4v) is 3.34. The number of hydrogen-bond donors (Lipinski definition) is 1. The molecule has 0 heterocycles. The molecule has 1 aliphatic carbocycles. The molecule has 0 bridgehead atoms. The van der Waals surface area contributed by atoms with E-state index in [-0.39, 0.29) is 11.4 Å². The number of methoxy groups -OCH3 is 1. The van der Waals surface area contributed by atoms with Crippen LogP contribution in [0.25, 0.3) is 0 Å². The molecule has 0 unspecified atom stereocenters. The number of rotatable bonds is 4. The van der Waals surface area contributed by atoms with Crippen molar-refractivity contribution in [1.82, 2.24) is 5.32 Å². The number of carbonyl (C=O) groups is 1. The van der Waals surface area contributed by atoms with Gasteiger partial charge >= 0.3 is 0 Å². The lowest BCUT2D eigenvalue weighted by atomic mass is 9.87. The van der Waals surface area contributed by atoms with Crippen LogP contribution in [-0.2, 0) is 5.54 Å². The third-order valence-electron chi connectivity index (χ3n) is 4.49. The first-order chi connectivity index (χ1) is 10.7. The maximum atomic E-state index is 12.8. The van der Waals surface area contributed by atoms with Crippen molar-refractivity contribution < 1.29 is 9.53 Å². The molecular weight excluding hydrogens is 274 g/mol. The number of para-hydroxylation sites is 1. The Morgan fingerprint density at radius 2 is 1.64 bits per heavy atom. The van der Waals surface area contributed by atoms with E-state index >= 15 is 0 Å². The first kappa shape index (κ1) is 14.6. The Bertz CT molecular complexity index is 645. The number of ether oxygens (including phenoxy) is 1. The van der Waals surface area contributed by atoms with Gasteiger partial charge in [0.2, 0.25) is 0 Å². The highest BCUT2D eigenvalue weighted by atomic mass is 16.5. The van der Waals surface area contributed by atoms with Crippen LogP contribution in [0.5, 0.6) is 5.75 Å².